The Bertz CT molecular complexity index is 285. The van der Waals surface area contributed by atoms with Gasteiger partial charge in [0.25, 0.3) is 0 Å². The van der Waals surface area contributed by atoms with E-state index >= 15 is 0 Å². The van der Waals surface area contributed by atoms with Crippen LogP contribution >= 0.6 is 0 Å². The molecule has 1 atom stereocenters. The van der Waals surface area contributed by atoms with Crippen LogP contribution in [0.1, 0.15) is 39.0 Å². The number of carbonyl (C=O) groups is 2. The van der Waals surface area contributed by atoms with Crippen molar-refractivity contribution in [1.29, 1.82) is 0 Å². The molecule has 1 unspecified atom stereocenters. The second-order valence-corrected chi connectivity index (χ2v) is 4.73. The summed E-state index contributed by atoms with van der Waals surface area (Å²) in [7, 11) is 1.68. The normalized spacial score (nSPS) is 23.6. The number of likely N-dealkylation sites (N-methyl/N-ethyl adjacent to an activating group) is 1. The van der Waals surface area contributed by atoms with E-state index in [1.807, 2.05) is 0 Å². The predicted molar refractivity (Wildman–Crippen MR) is 64.8 cm³/mol. The number of carbonyl (C=O) groups excluding carboxylic acids is 1. The average Bonchev–Trinajstić information content (AvgIpc) is 2.75. The lowest BCUT2D eigenvalue weighted by molar-refractivity contribution is -0.140. The van der Waals surface area contributed by atoms with E-state index in [0.717, 1.165) is 32.2 Å². The lowest BCUT2D eigenvalue weighted by Crippen LogP contribution is -2.54. The van der Waals surface area contributed by atoms with Gasteiger partial charge in [0, 0.05) is 13.6 Å². The third-order valence-electron chi connectivity index (χ3n) is 3.34. The number of nitrogens with one attached hydrogen (secondary N) is 1. The predicted octanol–water partition coefficient (Wildman–Crippen LogP) is 0.842. The fourth-order valence-electron chi connectivity index (χ4n) is 2.47. The molecule has 0 aromatic carbocycles. The van der Waals surface area contributed by atoms with Crippen molar-refractivity contribution in [3.8, 4) is 0 Å². The molecule has 1 fully saturated rings. The summed E-state index contributed by atoms with van der Waals surface area (Å²) in [6.07, 6.45) is 3.65. The van der Waals surface area contributed by atoms with Gasteiger partial charge in [-0.1, -0.05) is 13.3 Å². The number of rotatable bonds is 6. The Morgan fingerprint density at radius 3 is 2.65 bits per heavy atom. The van der Waals surface area contributed by atoms with Gasteiger partial charge in [-0.05, 0) is 25.8 Å². The fraction of sp³-hybridized carbons (Fsp3) is 0.833. The number of carboxylic acid groups (broad SMARTS) is 1. The van der Waals surface area contributed by atoms with Crippen molar-refractivity contribution in [1.82, 2.24) is 10.2 Å². The molecule has 98 valence electrons. The van der Waals surface area contributed by atoms with Gasteiger partial charge in [0.15, 0.2) is 0 Å². The Morgan fingerprint density at radius 1 is 1.47 bits per heavy atom. The number of amides is 1. The van der Waals surface area contributed by atoms with E-state index in [4.69, 9.17) is 5.11 Å². The Kier molecular flexibility index (Phi) is 4.93. The van der Waals surface area contributed by atoms with Crippen LogP contribution in [0.15, 0.2) is 0 Å². The van der Waals surface area contributed by atoms with Gasteiger partial charge in [0.2, 0.25) is 5.91 Å². The maximum Gasteiger partial charge on any atom is 0.305 e. The Labute approximate surface area is 102 Å². The smallest absolute Gasteiger partial charge is 0.305 e. The van der Waals surface area contributed by atoms with Crippen molar-refractivity contribution in [2.24, 2.45) is 0 Å². The zero-order chi connectivity index (χ0) is 12.9. The first-order valence-electron chi connectivity index (χ1n) is 6.24. The van der Waals surface area contributed by atoms with E-state index in [1.54, 1.807) is 11.9 Å². The van der Waals surface area contributed by atoms with Crippen molar-refractivity contribution < 1.29 is 14.7 Å². The average molecular weight is 242 g/mol. The van der Waals surface area contributed by atoms with Gasteiger partial charge in [-0.15, -0.1) is 0 Å². The van der Waals surface area contributed by atoms with Crippen molar-refractivity contribution in [3.63, 3.8) is 0 Å². The van der Waals surface area contributed by atoms with Crippen LogP contribution in [0.2, 0.25) is 0 Å². The van der Waals surface area contributed by atoms with Crippen LogP contribution in [0.25, 0.3) is 0 Å². The molecule has 1 aliphatic heterocycles. The van der Waals surface area contributed by atoms with Gasteiger partial charge in [0.05, 0.1) is 12.0 Å². The van der Waals surface area contributed by atoms with Gasteiger partial charge in [-0.25, -0.2) is 0 Å². The lowest BCUT2D eigenvalue weighted by Gasteiger charge is -2.32. The van der Waals surface area contributed by atoms with E-state index in [1.165, 1.54) is 0 Å². The summed E-state index contributed by atoms with van der Waals surface area (Å²) in [5.74, 6) is -0.827. The summed E-state index contributed by atoms with van der Waals surface area (Å²) in [4.78, 5) is 24.4. The van der Waals surface area contributed by atoms with E-state index in [9.17, 15) is 9.59 Å². The van der Waals surface area contributed by atoms with Crippen molar-refractivity contribution in [2.45, 2.75) is 44.6 Å². The monoisotopic (exact) mass is 242 g/mol. The van der Waals surface area contributed by atoms with E-state index in [0.29, 0.717) is 0 Å². The highest BCUT2D eigenvalue weighted by Gasteiger charge is 2.41. The quantitative estimate of drug-likeness (QED) is 0.724. The molecule has 0 aromatic heterocycles. The molecular weight excluding hydrogens is 220 g/mol. The minimum Gasteiger partial charge on any atom is -0.481 e. The molecule has 5 heteroatoms. The Morgan fingerprint density at radius 2 is 2.18 bits per heavy atom. The molecule has 1 heterocycles. The summed E-state index contributed by atoms with van der Waals surface area (Å²) in [5, 5.41) is 11.9. The van der Waals surface area contributed by atoms with Gasteiger partial charge in [-0.3, -0.25) is 9.59 Å². The highest BCUT2D eigenvalue weighted by molar-refractivity contribution is 5.86. The maximum atomic E-state index is 12.3. The highest BCUT2D eigenvalue weighted by Crippen LogP contribution is 2.26. The molecule has 1 aliphatic rings. The van der Waals surface area contributed by atoms with E-state index in [2.05, 4.69) is 12.2 Å². The summed E-state index contributed by atoms with van der Waals surface area (Å²) < 4.78 is 0. The molecule has 0 radical (unpaired) electrons. The second-order valence-electron chi connectivity index (χ2n) is 4.73. The van der Waals surface area contributed by atoms with Crippen LogP contribution in [-0.2, 0) is 9.59 Å². The van der Waals surface area contributed by atoms with Crippen LogP contribution in [-0.4, -0.2) is 47.6 Å². The van der Waals surface area contributed by atoms with Crippen LogP contribution in [0, 0.1) is 0 Å². The largest absolute Gasteiger partial charge is 0.481 e. The zero-order valence-corrected chi connectivity index (χ0v) is 10.7. The molecule has 0 aromatic rings. The van der Waals surface area contributed by atoms with Crippen LogP contribution in [0.4, 0.5) is 0 Å². The third-order valence-corrected chi connectivity index (χ3v) is 3.34. The van der Waals surface area contributed by atoms with Crippen LogP contribution in [0.3, 0.4) is 0 Å². The van der Waals surface area contributed by atoms with Gasteiger partial charge in [-0.2, -0.15) is 0 Å². The van der Waals surface area contributed by atoms with E-state index < -0.39 is 11.5 Å². The SMILES string of the molecule is CCCC1(C(=O)N(C)CCC(=O)O)CCCN1. The van der Waals surface area contributed by atoms with Gasteiger partial charge < -0.3 is 15.3 Å². The Balaban J connectivity index is 2.61. The molecule has 1 saturated heterocycles. The van der Waals surface area contributed by atoms with Crippen LogP contribution in [0.5, 0.6) is 0 Å². The number of hydrogen-bond donors (Lipinski definition) is 2. The second kappa shape index (κ2) is 6.00. The molecule has 1 amide bonds. The molecule has 0 bridgehead atoms. The van der Waals surface area contributed by atoms with Gasteiger partial charge >= 0.3 is 5.97 Å². The highest BCUT2D eigenvalue weighted by atomic mass is 16.4. The summed E-state index contributed by atoms with van der Waals surface area (Å²) in [6, 6.07) is 0. The van der Waals surface area contributed by atoms with Crippen molar-refractivity contribution in [2.75, 3.05) is 20.1 Å². The lowest BCUT2D eigenvalue weighted by atomic mass is 9.90. The summed E-state index contributed by atoms with van der Waals surface area (Å²) in [6.45, 7) is 3.21. The molecular formula is C12H22N2O3. The van der Waals surface area contributed by atoms with E-state index in [-0.39, 0.29) is 18.9 Å². The van der Waals surface area contributed by atoms with Crippen molar-refractivity contribution >= 4 is 11.9 Å². The maximum absolute atomic E-state index is 12.3. The number of carboxylic acids is 1. The molecule has 0 spiro atoms. The topological polar surface area (TPSA) is 69.6 Å². The minimum atomic E-state index is -0.867. The van der Waals surface area contributed by atoms with Gasteiger partial charge in [0.1, 0.15) is 0 Å². The minimum absolute atomic E-state index is 0.00441. The molecule has 17 heavy (non-hydrogen) atoms. The first-order valence-corrected chi connectivity index (χ1v) is 6.24. The zero-order valence-electron chi connectivity index (χ0n) is 10.7. The molecule has 0 saturated carbocycles. The number of hydrogen-bond acceptors (Lipinski definition) is 3. The van der Waals surface area contributed by atoms with Crippen molar-refractivity contribution in [3.05, 3.63) is 0 Å². The first-order chi connectivity index (χ1) is 8.02. The third kappa shape index (κ3) is 3.43. The first kappa shape index (κ1) is 14.0. The summed E-state index contributed by atoms with van der Waals surface area (Å²) in [5.41, 5.74) is -0.442. The number of nitrogens with zero attached hydrogens (tertiary/aromatic N) is 1. The number of aliphatic carboxylic acids is 1. The molecule has 5 nitrogen and oxygen atoms in total. The standard InChI is InChI=1S/C12H22N2O3/c1-3-6-12(7-4-8-13-12)11(17)14(2)9-5-10(15)16/h13H,3-9H2,1-2H3,(H,15,16). The molecule has 1 rings (SSSR count). The summed E-state index contributed by atoms with van der Waals surface area (Å²) >= 11 is 0. The molecule has 2 N–H and O–H groups in total. The Hall–Kier alpha value is -1.10. The molecule has 0 aliphatic carbocycles. The van der Waals surface area contributed by atoms with Crippen LogP contribution < -0.4 is 5.32 Å². The fourth-order valence-corrected chi connectivity index (χ4v) is 2.47.